The highest BCUT2D eigenvalue weighted by Crippen LogP contribution is 2.35. The first-order chi connectivity index (χ1) is 6.21. The molecule has 0 bridgehead atoms. The molecule has 1 unspecified atom stereocenters. The minimum absolute atomic E-state index is 0.0322. The lowest BCUT2D eigenvalue weighted by Crippen LogP contribution is -2.32. The number of hydrogen-bond donors (Lipinski definition) is 1. The fourth-order valence-corrected chi connectivity index (χ4v) is 2.26. The molecule has 0 radical (unpaired) electrons. The van der Waals surface area contributed by atoms with Gasteiger partial charge in [0.25, 0.3) is 0 Å². The molecule has 1 aliphatic carbocycles. The number of Topliss-reactive ketones (excluding diaryl/α,β-unsaturated/α-hetero) is 1. The van der Waals surface area contributed by atoms with E-state index < -0.39 is 0 Å². The van der Waals surface area contributed by atoms with Crippen LogP contribution in [0.25, 0.3) is 0 Å². The van der Waals surface area contributed by atoms with Gasteiger partial charge in [0.2, 0.25) is 0 Å². The Kier molecular flexibility index (Phi) is 2.41. The van der Waals surface area contributed by atoms with Crippen LogP contribution in [0.5, 0.6) is 0 Å². The molecule has 0 amide bonds. The number of carbonyl (C=O) groups excluding carboxylic acids is 1. The third-order valence-electron chi connectivity index (χ3n) is 3.74. The summed E-state index contributed by atoms with van der Waals surface area (Å²) in [4.78, 5) is 11.9. The van der Waals surface area contributed by atoms with Crippen molar-refractivity contribution in [3.8, 4) is 0 Å². The Labute approximate surface area is 80.1 Å². The molecule has 74 valence electrons. The topological polar surface area (TPSA) is 29.1 Å². The molecule has 0 aromatic carbocycles. The minimum Gasteiger partial charge on any atom is -0.316 e. The van der Waals surface area contributed by atoms with E-state index in [1.807, 2.05) is 0 Å². The van der Waals surface area contributed by atoms with Crippen molar-refractivity contribution in [1.82, 2.24) is 5.32 Å². The van der Waals surface area contributed by atoms with Crippen molar-refractivity contribution >= 4 is 5.78 Å². The van der Waals surface area contributed by atoms with Gasteiger partial charge in [-0.15, -0.1) is 0 Å². The summed E-state index contributed by atoms with van der Waals surface area (Å²) in [5.74, 6) is 1.23. The fourth-order valence-electron chi connectivity index (χ4n) is 2.26. The van der Waals surface area contributed by atoms with Crippen molar-refractivity contribution < 1.29 is 4.79 Å². The Bertz CT molecular complexity index is 202. The Morgan fingerprint density at radius 2 is 2.31 bits per heavy atom. The Morgan fingerprint density at radius 1 is 1.54 bits per heavy atom. The van der Waals surface area contributed by atoms with Crippen molar-refractivity contribution in [2.75, 3.05) is 13.1 Å². The van der Waals surface area contributed by atoms with Gasteiger partial charge in [-0.3, -0.25) is 4.79 Å². The SMILES string of the molecule is CC1(C(=O)CC2CCC2)CCNC1. The van der Waals surface area contributed by atoms with E-state index in [9.17, 15) is 4.79 Å². The van der Waals surface area contributed by atoms with Crippen molar-refractivity contribution in [1.29, 1.82) is 0 Å². The summed E-state index contributed by atoms with van der Waals surface area (Å²) in [7, 11) is 0. The van der Waals surface area contributed by atoms with Gasteiger partial charge in [0.05, 0.1) is 0 Å². The van der Waals surface area contributed by atoms with Crippen LogP contribution in [0.1, 0.15) is 39.0 Å². The third kappa shape index (κ3) is 1.78. The summed E-state index contributed by atoms with van der Waals surface area (Å²) >= 11 is 0. The molecule has 2 rings (SSSR count). The van der Waals surface area contributed by atoms with Crippen LogP contribution in [-0.2, 0) is 4.79 Å². The van der Waals surface area contributed by atoms with Crippen LogP contribution in [-0.4, -0.2) is 18.9 Å². The highest BCUT2D eigenvalue weighted by atomic mass is 16.1. The molecule has 2 fully saturated rings. The molecule has 2 nitrogen and oxygen atoms in total. The van der Waals surface area contributed by atoms with E-state index in [2.05, 4.69) is 12.2 Å². The molecular formula is C11H19NO. The summed E-state index contributed by atoms with van der Waals surface area (Å²) in [6.07, 6.45) is 5.80. The van der Waals surface area contributed by atoms with Crippen LogP contribution in [0, 0.1) is 11.3 Å². The van der Waals surface area contributed by atoms with Gasteiger partial charge in [-0.25, -0.2) is 0 Å². The summed E-state index contributed by atoms with van der Waals surface area (Å²) in [6, 6.07) is 0. The Morgan fingerprint density at radius 3 is 2.77 bits per heavy atom. The maximum atomic E-state index is 11.9. The molecule has 1 saturated carbocycles. The highest BCUT2D eigenvalue weighted by molar-refractivity contribution is 5.85. The van der Waals surface area contributed by atoms with Crippen molar-refractivity contribution in [3.05, 3.63) is 0 Å². The third-order valence-corrected chi connectivity index (χ3v) is 3.74. The van der Waals surface area contributed by atoms with Crippen LogP contribution >= 0.6 is 0 Å². The molecule has 1 heterocycles. The first-order valence-corrected chi connectivity index (χ1v) is 5.45. The average molecular weight is 181 g/mol. The lowest BCUT2D eigenvalue weighted by molar-refractivity contribution is -0.128. The van der Waals surface area contributed by atoms with Gasteiger partial charge in [0.15, 0.2) is 0 Å². The largest absolute Gasteiger partial charge is 0.316 e. The minimum atomic E-state index is -0.0322. The molecule has 13 heavy (non-hydrogen) atoms. The monoisotopic (exact) mass is 181 g/mol. The predicted molar refractivity (Wildman–Crippen MR) is 52.6 cm³/mol. The molecule has 1 aliphatic heterocycles. The first-order valence-electron chi connectivity index (χ1n) is 5.45. The summed E-state index contributed by atoms with van der Waals surface area (Å²) < 4.78 is 0. The van der Waals surface area contributed by atoms with Crippen LogP contribution in [0.3, 0.4) is 0 Å². The second-order valence-corrected chi connectivity index (χ2v) is 4.91. The molecule has 1 saturated heterocycles. The van der Waals surface area contributed by atoms with Crippen molar-refractivity contribution in [2.45, 2.75) is 39.0 Å². The van der Waals surface area contributed by atoms with Crippen LogP contribution < -0.4 is 5.32 Å². The van der Waals surface area contributed by atoms with Crippen LogP contribution in [0.2, 0.25) is 0 Å². The second-order valence-electron chi connectivity index (χ2n) is 4.91. The normalized spacial score (nSPS) is 34.5. The van der Waals surface area contributed by atoms with Crippen LogP contribution in [0.15, 0.2) is 0 Å². The van der Waals surface area contributed by atoms with Gasteiger partial charge >= 0.3 is 0 Å². The van der Waals surface area contributed by atoms with Gasteiger partial charge in [-0.1, -0.05) is 26.2 Å². The molecule has 0 aromatic rings. The zero-order chi connectivity index (χ0) is 9.31. The quantitative estimate of drug-likeness (QED) is 0.718. The number of rotatable bonds is 3. The van der Waals surface area contributed by atoms with Gasteiger partial charge in [-0.2, -0.15) is 0 Å². The number of ketones is 1. The number of carbonyl (C=O) groups is 1. The fraction of sp³-hybridized carbons (Fsp3) is 0.909. The molecular weight excluding hydrogens is 162 g/mol. The van der Waals surface area contributed by atoms with Gasteiger partial charge < -0.3 is 5.32 Å². The first kappa shape index (κ1) is 9.20. The van der Waals surface area contributed by atoms with Gasteiger partial charge in [-0.05, 0) is 18.9 Å². The van der Waals surface area contributed by atoms with E-state index in [4.69, 9.17) is 0 Å². The molecule has 2 aliphatic rings. The number of nitrogens with one attached hydrogen (secondary N) is 1. The van der Waals surface area contributed by atoms with E-state index in [-0.39, 0.29) is 5.41 Å². The van der Waals surface area contributed by atoms with Crippen molar-refractivity contribution in [3.63, 3.8) is 0 Å². The Hall–Kier alpha value is -0.370. The van der Waals surface area contributed by atoms with E-state index in [0.29, 0.717) is 5.78 Å². The summed E-state index contributed by atoms with van der Waals surface area (Å²) in [6.45, 7) is 4.04. The molecule has 0 spiro atoms. The molecule has 0 aromatic heterocycles. The van der Waals surface area contributed by atoms with Crippen LogP contribution in [0.4, 0.5) is 0 Å². The average Bonchev–Trinajstić information content (AvgIpc) is 2.45. The predicted octanol–water partition coefficient (Wildman–Crippen LogP) is 1.75. The van der Waals surface area contributed by atoms with E-state index >= 15 is 0 Å². The Balaban J connectivity index is 1.87. The zero-order valence-corrected chi connectivity index (χ0v) is 8.44. The summed E-state index contributed by atoms with van der Waals surface area (Å²) in [5, 5.41) is 3.28. The molecule has 2 heteroatoms. The maximum Gasteiger partial charge on any atom is 0.140 e. The van der Waals surface area contributed by atoms with E-state index in [0.717, 1.165) is 31.8 Å². The van der Waals surface area contributed by atoms with Gasteiger partial charge in [0, 0.05) is 18.4 Å². The standard InChI is InChI=1S/C11H19NO/c1-11(5-6-12-8-11)10(13)7-9-3-2-4-9/h9,12H,2-8H2,1H3. The summed E-state index contributed by atoms with van der Waals surface area (Å²) in [5.41, 5.74) is -0.0322. The second kappa shape index (κ2) is 3.41. The lowest BCUT2D eigenvalue weighted by atomic mass is 9.75. The molecule has 1 atom stereocenters. The zero-order valence-electron chi connectivity index (χ0n) is 8.44. The molecule has 1 N–H and O–H groups in total. The van der Waals surface area contributed by atoms with E-state index in [1.165, 1.54) is 19.3 Å². The highest BCUT2D eigenvalue weighted by Gasteiger charge is 2.37. The van der Waals surface area contributed by atoms with E-state index in [1.54, 1.807) is 0 Å². The maximum absolute atomic E-state index is 11.9. The van der Waals surface area contributed by atoms with Gasteiger partial charge in [0.1, 0.15) is 5.78 Å². The smallest absolute Gasteiger partial charge is 0.140 e. The lowest BCUT2D eigenvalue weighted by Gasteiger charge is -2.29. The van der Waals surface area contributed by atoms with Crippen molar-refractivity contribution in [2.24, 2.45) is 11.3 Å². The number of hydrogen-bond acceptors (Lipinski definition) is 2.